The van der Waals surface area contributed by atoms with Gasteiger partial charge in [-0.3, -0.25) is 4.79 Å². The summed E-state index contributed by atoms with van der Waals surface area (Å²) < 4.78 is 5.30. The van der Waals surface area contributed by atoms with Crippen molar-refractivity contribution >= 4 is 5.91 Å². The van der Waals surface area contributed by atoms with E-state index >= 15 is 0 Å². The molecule has 2 rings (SSSR count). The molecule has 2 aromatic rings. The van der Waals surface area contributed by atoms with E-state index in [1.54, 1.807) is 31.2 Å². The van der Waals surface area contributed by atoms with Crippen LogP contribution in [0.25, 0.3) is 11.1 Å². The summed E-state index contributed by atoms with van der Waals surface area (Å²) in [5, 5.41) is 9.77. The fourth-order valence-corrected chi connectivity index (χ4v) is 2.08. The Morgan fingerprint density at radius 1 is 1.16 bits per heavy atom. The summed E-state index contributed by atoms with van der Waals surface area (Å²) in [5.74, 6) is 0.0734. The van der Waals surface area contributed by atoms with Gasteiger partial charge in [0.1, 0.15) is 11.5 Å². The minimum atomic E-state index is -0.545. The van der Waals surface area contributed by atoms with Crippen LogP contribution in [0.5, 0.6) is 11.5 Å². The SMILES string of the molecule is COc1c(C(N)=O)cccc1-c1cccc(O)c1C. The second kappa shape index (κ2) is 5.02. The molecular formula is C15H15NO3. The van der Waals surface area contributed by atoms with Gasteiger partial charge in [-0.05, 0) is 30.2 Å². The first kappa shape index (κ1) is 13.0. The Balaban J connectivity index is 2.72. The van der Waals surface area contributed by atoms with Gasteiger partial charge in [-0.25, -0.2) is 0 Å². The van der Waals surface area contributed by atoms with Crippen LogP contribution in [0.4, 0.5) is 0 Å². The van der Waals surface area contributed by atoms with Gasteiger partial charge in [0, 0.05) is 5.56 Å². The maximum atomic E-state index is 11.4. The number of carbonyl (C=O) groups excluding carboxylic acids is 1. The van der Waals surface area contributed by atoms with Gasteiger partial charge in [-0.2, -0.15) is 0 Å². The van der Waals surface area contributed by atoms with Crippen LogP contribution in [-0.4, -0.2) is 18.1 Å². The lowest BCUT2D eigenvalue weighted by molar-refractivity contribution is 0.0997. The maximum absolute atomic E-state index is 11.4. The van der Waals surface area contributed by atoms with Gasteiger partial charge in [0.25, 0.3) is 5.91 Å². The quantitative estimate of drug-likeness (QED) is 0.887. The topological polar surface area (TPSA) is 72.5 Å². The smallest absolute Gasteiger partial charge is 0.252 e. The number of nitrogens with two attached hydrogens (primary N) is 1. The van der Waals surface area contributed by atoms with Crippen molar-refractivity contribution < 1.29 is 14.6 Å². The molecule has 0 aliphatic rings. The first-order valence-corrected chi connectivity index (χ1v) is 5.82. The van der Waals surface area contributed by atoms with Crippen molar-refractivity contribution in [2.45, 2.75) is 6.92 Å². The molecule has 0 saturated heterocycles. The van der Waals surface area contributed by atoms with E-state index in [2.05, 4.69) is 0 Å². The fraction of sp³-hybridized carbons (Fsp3) is 0.133. The second-order valence-electron chi connectivity index (χ2n) is 4.20. The fourth-order valence-electron chi connectivity index (χ4n) is 2.08. The van der Waals surface area contributed by atoms with E-state index in [0.29, 0.717) is 11.3 Å². The first-order chi connectivity index (χ1) is 9.06. The lowest BCUT2D eigenvalue weighted by Crippen LogP contribution is -2.12. The predicted molar refractivity (Wildman–Crippen MR) is 73.3 cm³/mol. The van der Waals surface area contributed by atoms with Crippen LogP contribution >= 0.6 is 0 Å². The first-order valence-electron chi connectivity index (χ1n) is 5.82. The lowest BCUT2D eigenvalue weighted by atomic mass is 9.97. The van der Waals surface area contributed by atoms with Crippen LogP contribution in [0, 0.1) is 6.92 Å². The van der Waals surface area contributed by atoms with Crippen molar-refractivity contribution in [1.29, 1.82) is 0 Å². The molecule has 0 radical (unpaired) electrons. The zero-order chi connectivity index (χ0) is 14.0. The van der Waals surface area contributed by atoms with E-state index < -0.39 is 5.91 Å². The Bertz CT molecular complexity index is 635. The average Bonchev–Trinajstić information content (AvgIpc) is 2.41. The molecule has 0 atom stereocenters. The van der Waals surface area contributed by atoms with Crippen LogP contribution in [0.2, 0.25) is 0 Å². The van der Waals surface area contributed by atoms with Gasteiger partial charge in [0.2, 0.25) is 0 Å². The average molecular weight is 257 g/mol. The summed E-state index contributed by atoms with van der Waals surface area (Å²) in [4.78, 5) is 11.4. The van der Waals surface area contributed by atoms with E-state index in [9.17, 15) is 9.90 Å². The van der Waals surface area contributed by atoms with Crippen LogP contribution in [-0.2, 0) is 0 Å². The Morgan fingerprint density at radius 3 is 2.42 bits per heavy atom. The number of hydrogen-bond acceptors (Lipinski definition) is 3. The minimum absolute atomic E-state index is 0.198. The van der Waals surface area contributed by atoms with Crippen molar-refractivity contribution in [3.8, 4) is 22.6 Å². The second-order valence-corrected chi connectivity index (χ2v) is 4.20. The number of phenols is 1. The molecule has 2 aromatic carbocycles. The number of benzene rings is 2. The monoisotopic (exact) mass is 257 g/mol. The van der Waals surface area contributed by atoms with Crippen molar-refractivity contribution in [3.63, 3.8) is 0 Å². The van der Waals surface area contributed by atoms with E-state index in [-0.39, 0.29) is 5.75 Å². The number of carbonyl (C=O) groups is 1. The highest BCUT2D eigenvalue weighted by atomic mass is 16.5. The third-order valence-electron chi connectivity index (χ3n) is 3.08. The molecule has 0 aliphatic heterocycles. The Hall–Kier alpha value is -2.49. The summed E-state index contributed by atoms with van der Waals surface area (Å²) in [5.41, 5.74) is 7.92. The zero-order valence-corrected chi connectivity index (χ0v) is 10.8. The molecule has 0 unspecified atom stereocenters. The minimum Gasteiger partial charge on any atom is -0.508 e. The molecule has 4 heteroatoms. The molecule has 1 amide bonds. The molecule has 0 spiro atoms. The molecule has 0 heterocycles. The number of hydrogen-bond donors (Lipinski definition) is 2. The van der Waals surface area contributed by atoms with Crippen LogP contribution < -0.4 is 10.5 Å². The molecule has 0 aliphatic carbocycles. The Labute approximate surface area is 111 Å². The van der Waals surface area contributed by atoms with Gasteiger partial charge >= 0.3 is 0 Å². The van der Waals surface area contributed by atoms with Crippen LogP contribution in [0.3, 0.4) is 0 Å². The number of rotatable bonds is 3. The lowest BCUT2D eigenvalue weighted by Gasteiger charge is -2.14. The largest absolute Gasteiger partial charge is 0.508 e. The molecule has 0 aromatic heterocycles. The molecule has 0 fully saturated rings. The number of aromatic hydroxyl groups is 1. The molecular weight excluding hydrogens is 242 g/mol. The summed E-state index contributed by atoms with van der Waals surface area (Å²) >= 11 is 0. The number of phenolic OH excluding ortho intramolecular Hbond substituents is 1. The number of para-hydroxylation sites is 1. The van der Waals surface area contributed by atoms with E-state index in [0.717, 1.165) is 16.7 Å². The van der Waals surface area contributed by atoms with E-state index in [1.807, 2.05) is 12.1 Å². The Morgan fingerprint density at radius 2 is 1.79 bits per heavy atom. The Kier molecular flexibility index (Phi) is 3.42. The molecule has 98 valence electrons. The number of amides is 1. The highest BCUT2D eigenvalue weighted by Crippen LogP contribution is 2.37. The summed E-state index contributed by atoms with van der Waals surface area (Å²) in [6, 6.07) is 10.4. The van der Waals surface area contributed by atoms with Gasteiger partial charge in [0.15, 0.2) is 0 Å². The van der Waals surface area contributed by atoms with Crippen LogP contribution in [0.15, 0.2) is 36.4 Å². The molecule has 19 heavy (non-hydrogen) atoms. The maximum Gasteiger partial charge on any atom is 0.252 e. The van der Waals surface area contributed by atoms with E-state index in [4.69, 9.17) is 10.5 Å². The molecule has 3 N–H and O–H groups in total. The van der Waals surface area contributed by atoms with Crippen molar-refractivity contribution in [3.05, 3.63) is 47.5 Å². The summed E-state index contributed by atoms with van der Waals surface area (Å²) in [6.07, 6.45) is 0. The van der Waals surface area contributed by atoms with Crippen molar-refractivity contribution in [2.24, 2.45) is 5.73 Å². The normalized spacial score (nSPS) is 10.2. The van der Waals surface area contributed by atoms with Crippen molar-refractivity contribution in [2.75, 3.05) is 7.11 Å². The highest BCUT2D eigenvalue weighted by molar-refractivity contribution is 5.98. The standard InChI is InChI=1S/C15H15NO3/c1-9-10(5-4-8-13(9)17)11-6-3-7-12(15(16)18)14(11)19-2/h3-8,17H,1-2H3,(H2,16,18). The van der Waals surface area contributed by atoms with Crippen molar-refractivity contribution in [1.82, 2.24) is 0 Å². The number of primary amides is 1. The molecule has 0 bridgehead atoms. The molecule has 4 nitrogen and oxygen atoms in total. The predicted octanol–water partition coefficient (Wildman–Crippen LogP) is 2.48. The van der Waals surface area contributed by atoms with E-state index in [1.165, 1.54) is 7.11 Å². The van der Waals surface area contributed by atoms with Gasteiger partial charge < -0.3 is 15.6 Å². The van der Waals surface area contributed by atoms with Crippen LogP contribution in [0.1, 0.15) is 15.9 Å². The van der Waals surface area contributed by atoms with Gasteiger partial charge in [0.05, 0.1) is 12.7 Å². The summed E-state index contributed by atoms with van der Waals surface area (Å²) in [7, 11) is 1.49. The van der Waals surface area contributed by atoms with Gasteiger partial charge in [-0.15, -0.1) is 0 Å². The summed E-state index contributed by atoms with van der Waals surface area (Å²) in [6.45, 7) is 1.81. The zero-order valence-electron chi connectivity index (χ0n) is 10.8. The number of methoxy groups -OCH3 is 1. The highest BCUT2D eigenvalue weighted by Gasteiger charge is 2.16. The third-order valence-corrected chi connectivity index (χ3v) is 3.08. The third kappa shape index (κ3) is 2.25. The molecule has 0 saturated carbocycles. The van der Waals surface area contributed by atoms with Gasteiger partial charge in [-0.1, -0.05) is 24.3 Å². The number of ether oxygens (including phenoxy) is 1.